The lowest BCUT2D eigenvalue weighted by molar-refractivity contribution is 0.0790. The molecule has 3 aliphatic rings. The molecular formula is C20H17NO6. The molecule has 0 fully saturated rings. The summed E-state index contributed by atoms with van der Waals surface area (Å²) in [6.45, 7) is 0.683. The average Bonchev–Trinajstić information content (AvgIpc) is 3.32. The fourth-order valence-electron chi connectivity index (χ4n) is 3.69. The zero-order valence-electron chi connectivity index (χ0n) is 14.7. The molecule has 0 aromatic heterocycles. The Balaban J connectivity index is 1.64. The van der Waals surface area contributed by atoms with Crippen LogP contribution in [0.1, 0.15) is 31.8 Å². The smallest absolute Gasteiger partial charge is 0.257 e. The predicted octanol–water partition coefficient (Wildman–Crippen LogP) is 2.20. The number of hydrogen-bond acceptors (Lipinski definition) is 6. The molecule has 1 amide bonds. The van der Waals surface area contributed by atoms with Gasteiger partial charge in [-0.1, -0.05) is 6.07 Å². The summed E-state index contributed by atoms with van der Waals surface area (Å²) >= 11 is 0. The van der Waals surface area contributed by atoms with Crippen molar-refractivity contribution in [3.05, 3.63) is 46.5 Å². The van der Waals surface area contributed by atoms with Gasteiger partial charge in [-0.3, -0.25) is 9.59 Å². The number of benzene rings is 2. The third-order valence-corrected chi connectivity index (χ3v) is 5.15. The van der Waals surface area contributed by atoms with Gasteiger partial charge in [0.05, 0.1) is 5.56 Å². The standard InChI is InChI=1S/C20H17NO6/c1-21-5-4-11-7-16-17(26-9-25-16)8-13(11)14(22)6-12-2-3-15-19(27-10-24-15)18(12)20(21)23/h2-3,7-8H,4-6,9-10H2,1H3. The van der Waals surface area contributed by atoms with Crippen LogP contribution in [0.3, 0.4) is 0 Å². The molecule has 0 atom stereocenters. The zero-order chi connectivity index (χ0) is 18.5. The van der Waals surface area contributed by atoms with E-state index in [9.17, 15) is 9.59 Å². The Hall–Kier alpha value is -3.22. The summed E-state index contributed by atoms with van der Waals surface area (Å²) < 4.78 is 21.8. The molecule has 0 saturated heterocycles. The minimum atomic E-state index is -0.177. The molecule has 0 spiro atoms. The van der Waals surface area contributed by atoms with Crippen LogP contribution in [0.25, 0.3) is 0 Å². The van der Waals surface area contributed by atoms with Crippen molar-refractivity contribution >= 4 is 11.7 Å². The summed E-state index contributed by atoms with van der Waals surface area (Å²) in [4.78, 5) is 27.8. The predicted molar refractivity (Wildman–Crippen MR) is 93.8 cm³/mol. The maximum atomic E-state index is 13.1. The van der Waals surface area contributed by atoms with E-state index < -0.39 is 0 Å². The van der Waals surface area contributed by atoms with Crippen molar-refractivity contribution in [2.24, 2.45) is 0 Å². The SMILES string of the molecule is CN1CCc2cc3c(cc2C(=O)Cc2ccc4c(c2C1=O)OCO4)OCO3. The topological polar surface area (TPSA) is 74.3 Å². The molecule has 0 bridgehead atoms. The van der Waals surface area contributed by atoms with Gasteiger partial charge in [0.2, 0.25) is 13.6 Å². The van der Waals surface area contributed by atoms with Crippen LogP contribution < -0.4 is 18.9 Å². The second-order valence-corrected chi connectivity index (χ2v) is 6.77. The van der Waals surface area contributed by atoms with Gasteiger partial charge >= 0.3 is 0 Å². The van der Waals surface area contributed by atoms with E-state index in [0.717, 1.165) is 5.56 Å². The Kier molecular flexibility index (Phi) is 3.50. The molecule has 0 radical (unpaired) electrons. The number of carbonyl (C=O) groups excluding carboxylic acids is 2. The maximum absolute atomic E-state index is 13.1. The van der Waals surface area contributed by atoms with Gasteiger partial charge in [-0.05, 0) is 35.7 Å². The lowest BCUT2D eigenvalue weighted by Crippen LogP contribution is -2.31. The number of hydrogen-bond donors (Lipinski definition) is 0. The Morgan fingerprint density at radius 1 is 0.889 bits per heavy atom. The summed E-state index contributed by atoms with van der Waals surface area (Å²) in [6, 6.07) is 7.10. The van der Waals surface area contributed by atoms with Crippen molar-refractivity contribution in [3.63, 3.8) is 0 Å². The van der Waals surface area contributed by atoms with Gasteiger partial charge in [-0.25, -0.2) is 0 Å². The summed E-state index contributed by atoms with van der Waals surface area (Å²) in [6.07, 6.45) is 0.639. The zero-order valence-corrected chi connectivity index (χ0v) is 14.7. The van der Waals surface area contributed by atoms with Crippen LogP contribution >= 0.6 is 0 Å². The van der Waals surface area contributed by atoms with Crippen molar-refractivity contribution < 1.29 is 28.5 Å². The highest BCUT2D eigenvalue weighted by Crippen LogP contribution is 2.40. The third-order valence-electron chi connectivity index (χ3n) is 5.15. The third kappa shape index (κ3) is 2.50. The van der Waals surface area contributed by atoms with Crippen LogP contribution in [0.2, 0.25) is 0 Å². The summed E-state index contributed by atoms with van der Waals surface area (Å²) in [5, 5.41) is 0. The number of likely N-dealkylation sites (N-methyl/N-ethyl adjacent to an activating group) is 1. The van der Waals surface area contributed by atoms with Gasteiger partial charge in [0.15, 0.2) is 28.8 Å². The van der Waals surface area contributed by atoms with Gasteiger partial charge in [0.25, 0.3) is 5.91 Å². The Labute approximate surface area is 155 Å². The first kappa shape index (κ1) is 16.0. The first-order valence-corrected chi connectivity index (χ1v) is 8.74. The maximum Gasteiger partial charge on any atom is 0.257 e. The van der Waals surface area contributed by atoms with Crippen LogP contribution in [0.15, 0.2) is 24.3 Å². The molecule has 7 heteroatoms. The van der Waals surface area contributed by atoms with E-state index in [2.05, 4.69) is 0 Å². The van der Waals surface area contributed by atoms with Gasteiger partial charge in [-0.15, -0.1) is 0 Å². The van der Waals surface area contributed by atoms with Crippen molar-refractivity contribution in [2.45, 2.75) is 12.8 Å². The summed E-state index contributed by atoms with van der Waals surface area (Å²) in [5.74, 6) is 1.92. The second kappa shape index (κ2) is 5.90. The van der Waals surface area contributed by atoms with Crippen molar-refractivity contribution in [3.8, 4) is 23.0 Å². The molecule has 3 heterocycles. The van der Waals surface area contributed by atoms with Gasteiger partial charge in [0, 0.05) is 25.6 Å². The summed E-state index contributed by atoms with van der Waals surface area (Å²) in [7, 11) is 1.75. The first-order chi connectivity index (χ1) is 13.1. The first-order valence-electron chi connectivity index (χ1n) is 8.74. The molecule has 5 rings (SSSR count). The van der Waals surface area contributed by atoms with Gasteiger partial charge in [0.1, 0.15) is 0 Å². The lowest BCUT2D eigenvalue weighted by Gasteiger charge is -2.22. The molecule has 2 aromatic carbocycles. The van der Waals surface area contributed by atoms with Crippen LogP contribution in [0.4, 0.5) is 0 Å². The van der Waals surface area contributed by atoms with Crippen molar-refractivity contribution in [2.75, 3.05) is 27.2 Å². The van der Waals surface area contributed by atoms with E-state index in [-0.39, 0.29) is 31.7 Å². The molecule has 0 aliphatic carbocycles. The number of ether oxygens (including phenoxy) is 4. The monoisotopic (exact) mass is 367 g/mol. The minimum absolute atomic E-state index is 0.0687. The number of amides is 1. The van der Waals surface area contributed by atoms with E-state index in [1.165, 1.54) is 0 Å². The number of carbonyl (C=O) groups is 2. The van der Waals surface area contributed by atoms with Gasteiger partial charge in [-0.2, -0.15) is 0 Å². The largest absolute Gasteiger partial charge is 0.454 e. The Bertz CT molecular complexity index is 983. The highest BCUT2D eigenvalue weighted by Gasteiger charge is 2.30. The molecular weight excluding hydrogens is 350 g/mol. The van der Waals surface area contributed by atoms with Crippen molar-refractivity contribution in [1.29, 1.82) is 0 Å². The normalized spacial score (nSPS) is 17.6. The van der Waals surface area contributed by atoms with E-state index in [1.807, 2.05) is 6.07 Å². The van der Waals surface area contributed by atoms with E-state index in [4.69, 9.17) is 18.9 Å². The Morgan fingerprint density at radius 3 is 2.48 bits per heavy atom. The van der Waals surface area contributed by atoms with Crippen molar-refractivity contribution in [1.82, 2.24) is 4.90 Å². The molecule has 7 nitrogen and oxygen atoms in total. The van der Waals surface area contributed by atoms with Crippen LogP contribution in [0.5, 0.6) is 23.0 Å². The number of rotatable bonds is 0. The number of ketones is 1. The molecule has 27 heavy (non-hydrogen) atoms. The summed E-state index contributed by atoms with van der Waals surface area (Å²) in [5.41, 5.74) is 2.50. The molecule has 0 unspecified atom stereocenters. The van der Waals surface area contributed by atoms with Crippen LogP contribution in [0, 0.1) is 0 Å². The number of Topliss-reactive ketones (excluding diaryl/α,β-unsaturated/α-hetero) is 1. The van der Waals surface area contributed by atoms with Gasteiger partial charge < -0.3 is 23.8 Å². The molecule has 2 aromatic rings. The fourth-order valence-corrected chi connectivity index (χ4v) is 3.69. The average molecular weight is 367 g/mol. The molecule has 0 N–H and O–H groups in total. The lowest BCUT2D eigenvalue weighted by atomic mass is 9.92. The highest BCUT2D eigenvalue weighted by molar-refractivity contribution is 6.04. The van der Waals surface area contributed by atoms with Crippen LogP contribution in [-0.4, -0.2) is 43.8 Å². The van der Waals surface area contributed by atoms with E-state index in [0.29, 0.717) is 52.7 Å². The Morgan fingerprint density at radius 2 is 1.63 bits per heavy atom. The minimum Gasteiger partial charge on any atom is -0.454 e. The highest BCUT2D eigenvalue weighted by atomic mass is 16.7. The van der Waals surface area contributed by atoms with E-state index in [1.54, 1.807) is 30.1 Å². The number of fused-ring (bicyclic) bond motifs is 5. The van der Waals surface area contributed by atoms with E-state index >= 15 is 0 Å². The molecule has 0 saturated carbocycles. The van der Waals surface area contributed by atoms with Crippen LogP contribution in [-0.2, 0) is 12.8 Å². The fraction of sp³-hybridized carbons (Fsp3) is 0.300. The number of nitrogens with zero attached hydrogens (tertiary/aromatic N) is 1. The molecule has 138 valence electrons. The second-order valence-electron chi connectivity index (χ2n) is 6.77. The molecule has 3 aliphatic heterocycles. The quantitative estimate of drug-likeness (QED) is 0.711.